The third-order valence-corrected chi connectivity index (χ3v) is 3.69. The maximum Gasteiger partial charge on any atom is 0.337 e. The first kappa shape index (κ1) is 15.7. The summed E-state index contributed by atoms with van der Waals surface area (Å²) in [6.07, 6.45) is 1.77. The third-order valence-electron chi connectivity index (χ3n) is 3.69. The quantitative estimate of drug-likeness (QED) is 0.793. The SMILES string of the molecule is CCC(CC)c1c(C#N)nnn1-c1cccc(C(=O)OC)c1. The average molecular weight is 298 g/mol. The van der Waals surface area contributed by atoms with Gasteiger partial charge in [-0.25, -0.2) is 9.48 Å². The number of carbonyl (C=O) groups is 1. The van der Waals surface area contributed by atoms with Crippen LogP contribution >= 0.6 is 0 Å². The summed E-state index contributed by atoms with van der Waals surface area (Å²) in [5, 5.41) is 17.3. The second kappa shape index (κ2) is 6.85. The molecule has 0 radical (unpaired) electrons. The minimum absolute atomic E-state index is 0.187. The summed E-state index contributed by atoms with van der Waals surface area (Å²) in [5.41, 5.74) is 2.25. The van der Waals surface area contributed by atoms with Gasteiger partial charge in [0.25, 0.3) is 0 Å². The van der Waals surface area contributed by atoms with Gasteiger partial charge in [0.05, 0.1) is 24.1 Å². The Kier molecular flexibility index (Phi) is 4.89. The molecule has 0 bridgehead atoms. The molecule has 0 N–H and O–H groups in total. The lowest BCUT2D eigenvalue weighted by Crippen LogP contribution is -2.09. The number of nitriles is 1. The Morgan fingerprint density at radius 2 is 2.14 bits per heavy atom. The van der Waals surface area contributed by atoms with Crippen LogP contribution in [0.2, 0.25) is 0 Å². The van der Waals surface area contributed by atoms with Crippen LogP contribution in [0.4, 0.5) is 0 Å². The molecule has 0 aliphatic rings. The van der Waals surface area contributed by atoms with E-state index in [1.165, 1.54) is 7.11 Å². The van der Waals surface area contributed by atoms with Crippen LogP contribution in [-0.2, 0) is 4.74 Å². The second-order valence-electron chi connectivity index (χ2n) is 4.90. The van der Waals surface area contributed by atoms with Crippen molar-refractivity contribution in [2.75, 3.05) is 7.11 Å². The largest absolute Gasteiger partial charge is 0.465 e. The van der Waals surface area contributed by atoms with E-state index in [1.807, 2.05) is 6.07 Å². The maximum absolute atomic E-state index is 11.7. The van der Waals surface area contributed by atoms with E-state index in [-0.39, 0.29) is 5.92 Å². The van der Waals surface area contributed by atoms with Gasteiger partial charge < -0.3 is 4.74 Å². The molecule has 6 heteroatoms. The van der Waals surface area contributed by atoms with Gasteiger partial charge in [-0.1, -0.05) is 25.1 Å². The van der Waals surface area contributed by atoms with E-state index < -0.39 is 5.97 Å². The third kappa shape index (κ3) is 2.84. The molecule has 0 spiro atoms. The first-order chi connectivity index (χ1) is 10.7. The number of aromatic nitrogens is 3. The molecule has 0 unspecified atom stereocenters. The standard InChI is InChI=1S/C16H18N4O2/c1-4-11(5-2)15-14(10-17)18-19-20(15)13-8-6-7-12(9-13)16(21)22-3/h6-9,11H,4-5H2,1-3H3. The van der Waals surface area contributed by atoms with Crippen LogP contribution in [0.15, 0.2) is 24.3 Å². The van der Waals surface area contributed by atoms with Crippen LogP contribution in [0.3, 0.4) is 0 Å². The second-order valence-corrected chi connectivity index (χ2v) is 4.90. The highest BCUT2D eigenvalue weighted by molar-refractivity contribution is 5.89. The molecule has 114 valence electrons. The van der Waals surface area contributed by atoms with Crippen molar-refractivity contribution in [1.82, 2.24) is 15.0 Å². The molecular formula is C16H18N4O2. The normalized spacial score (nSPS) is 10.5. The summed E-state index contributed by atoms with van der Waals surface area (Å²) < 4.78 is 6.38. The van der Waals surface area contributed by atoms with Crippen molar-refractivity contribution in [2.24, 2.45) is 0 Å². The zero-order valence-electron chi connectivity index (χ0n) is 12.9. The summed E-state index contributed by atoms with van der Waals surface area (Å²) in [6.45, 7) is 4.13. The van der Waals surface area contributed by atoms with Gasteiger partial charge in [0.1, 0.15) is 6.07 Å². The van der Waals surface area contributed by atoms with Crippen molar-refractivity contribution in [1.29, 1.82) is 5.26 Å². The molecule has 0 aliphatic carbocycles. The van der Waals surface area contributed by atoms with Gasteiger partial charge in [-0.3, -0.25) is 0 Å². The highest BCUT2D eigenvalue weighted by Crippen LogP contribution is 2.27. The molecule has 0 aliphatic heterocycles. The minimum Gasteiger partial charge on any atom is -0.465 e. The monoisotopic (exact) mass is 298 g/mol. The maximum atomic E-state index is 11.7. The number of hydrogen-bond acceptors (Lipinski definition) is 5. The number of carbonyl (C=O) groups excluding carboxylic acids is 1. The Labute approximate surface area is 129 Å². The molecule has 0 fully saturated rings. The molecule has 1 aromatic heterocycles. The number of nitrogens with zero attached hydrogens (tertiary/aromatic N) is 4. The zero-order valence-corrected chi connectivity index (χ0v) is 12.9. The minimum atomic E-state index is -0.411. The Hall–Kier alpha value is -2.68. The van der Waals surface area contributed by atoms with E-state index in [1.54, 1.807) is 22.9 Å². The molecule has 6 nitrogen and oxygen atoms in total. The van der Waals surface area contributed by atoms with Crippen molar-refractivity contribution < 1.29 is 9.53 Å². The lowest BCUT2D eigenvalue weighted by Gasteiger charge is -2.14. The Morgan fingerprint density at radius 1 is 1.41 bits per heavy atom. The van der Waals surface area contributed by atoms with Gasteiger partial charge in [0.15, 0.2) is 5.69 Å². The van der Waals surface area contributed by atoms with Crippen LogP contribution in [0.1, 0.15) is 54.4 Å². The predicted octanol–water partition coefficient (Wildman–Crippen LogP) is 2.83. The van der Waals surface area contributed by atoms with Crippen molar-refractivity contribution in [3.63, 3.8) is 0 Å². The molecule has 2 aromatic rings. The number of benzene rings is 1. The summed E-state index contributed by atoms with van der Waals surface area (Å²) in [7, 11) is 1.34. The number of hydrogen-bond donors (Lipinski definition) is 0. The van der Waals surface area contributed by atoms with Gasteiger partial charge in [-0.15, -0.1) is 5.10 Å². The number of esters is 1. The smallest absolute Gasteiger partial charge is 0.337 e. The molecule has 0 saturated heterocycles. The van der Waals surface area contributed by atoms with Crippen LogP contribution in [0, 0.1) is 11.3 Å². The number of methoxy groups -OCH3 is 1. The Morgan fingerprint density at radius 3 is 2.73 bits per heavy atom. The van der Waals surface area contributed by atoms with Crippen molar-refractivity contribution in [2.45, 2.75) is 32.6 Å². The molecule has 22 heavy (non-hydrogen) atoms. The van der Waals surface area contributed by atoms with E-state index >= 15 is 0 Å². The lowest BCUT2D eigenvalue weighted by atomic mass is 9.97. The predicted molar refractivity (Wildman–Crippen MR) is 80.7 cm³/mol. The highest BCUT2D eigenvalue weighted by atomic mass is 16.5. The Bertz CT molecular complexity index is 711. The van der Waals surface area contributed by atoms with Gasteiger partial charge in [-0.2, -0.15) is 5.26 Å². The zero-order chi connectivity index (χ0) is 16.1. The Balaban J connectivity index is 2.56. The summed E-state index contributed by atoms with van der Waals surface area (Å²) in [5.74, 6) is -0.224. The molecule has 1 heterocycles. The van der Waals surface area contributed by atoms with E-state index in [9.17, 15) is 10.1 Å². The van der Waals surface area contributed by atoms with E-state index in [4.69, 9.17) is 4.74 Å². The van der Waals surface area contributed by atoms with Gasteiger partial charge >= 0.3 is 5.97 Å². The van der Waals surface area contributed by atoms with E-state index in [0.29, 0.717) is 16.9 Å². The summed E-state index contributed by atoms with van der Waals surface area (Å²) >= 11 is 0. The van der Waals surface area contributed by atoms with Gasteiger partial charge in [0, 0.05) is 5.92 Å². The van der Waals surface area contributed by atoms with Crippen LogP contribution < -0.4 is 0 Å². The molecule has 0 amide bonds. The van der Waals surface area contributed by atoms with Crippen molar-refractivity contribution >= 4 is 5.97 Å². The molecule has 0 saturated carbocycles. The number of ether oxygens (including phenoxy) is 1. The lowest BCUT2D eigenvalue weighted by molar-refractivity contribution is 0.0600. The van der Waals surface area contributed by atoms with Crippen LogP contribution in [-0.4, -0.2) is 28.1 Å². The highest BCUT2D eigenvalue weighted by Gasteiger charge is 2.21. The van der Waals surface area contributed by atoms with Crippen LogP contribution in [0.25, 0.3) is 5.69 Å². The average Bonchev–Trinajstić information content (AvgIpc) is 2.99. The first-order valence-electron chi connectivity index (χ1n) is 7.20. The van der Waals surface area contributed by atoms with Gasteiger partial charge in [-0.05, 0) is 31.0 Å². The summed E-state index contributed by atoms with van der Waals surface area (Å²) in [6, 6.07) is 9.04. The molecule has 2 rings (SSSR count). The molecule has 0 atom stereocenters. The number of rotatable bonds is 5. The van der Waals surface area contributed by atoms with E-state index in [0.717, 1.165) is 18.5 Å². The van der Waals surface area contributed by atoms with Crippen molar-refractivity contribution in [3.05, 3.63) is 41.2 Å². The van der Waals surface area contributed by atoms with E-state index in [2.05, 4.69) is 30.2 Å². The van der Waals surface area contributed by atoms with Gasteiger partial charge in [0.2, 0.25) is 0 Å². The fourth-order valence-electron chi connectivity index (χ4n) is 2.48. The van der Waals surface area contributed by atoms with Crippen LogP contribution in [0.5, 0.6) is 0 Å². The topological polar surface area (TPSA) is 80.8 Å². The van der Waals surface area contributed by atoms with Crippen molar-refractivity contribution in [3.8, 4) is 11.8 Å². The first-order valence-corrected chi connectivity index (χ1v) is 7.20. The fourth-order valence-corrected chi connectivity index (χ4v) is 2.48. The molecular weight excluding hydrogens is 280 g/mol. The fraction of sp³-hybridized carbons (Fsp3) is 0.375. The molecule has 1 aromatic carbocycles. The summed E-state index contributed by atoms with van der Waals surface area (Å²) in [4.78, 5) is 11.7.